The number of halogens is 4. The molecular formula is C18H18F4N2O4S. The Hall–Kier alpha value is -2.66. The van der Waals surface area contributed by atoms with Gasteiger partial charge in [0.15, 0.2) is 0 Å². The maximum absolute atomic E-state index is 13.9. The number of carbonyl (C=O) groups excluding carboxylic acids is 1. The van der Waals surface area contributed by atoms with Gasteiger partial charge in [0.05, 0.1) is 24.1 Å². The van der Waals surface area contributed by atoms with E-state index >= 15 is 0 Å². The molecule has 11 heteroatoms. The van der Waals surface area contributed by atoms with Crippen LogP contribution in [0.15, 0.2) is 42.5 Å². The lowest BCUT2D eigenvalue weighted by Gasteiger charge is -2.13. The van der Waals surface area contributed by atoms with Crippen LogP contribution in [-0.2, 0) is 38.9 Å². The van der Waals surface area contributed by atoms with Crippen molar-refractivity contribution in [1.82, 2.24) is 5.32 Å². The van der Waals surface area contributed by atoms with Crippen LogP contribution in [0.25, 0.3) is 0 Å². The molecule has 1 amide bonds. The highest BCUT2D eigenvalue weighted by atomic mass is 32.2. The zero-order chi connectivity index (χ0) is 21.7. The van der Waals surface area contributed by atoms with Gasteiger partial charge in [-0.25, -0.2) is 12.8 Å². The largest absolute Gasteiger partial charge is 0.416 e. The number of benzene rings is 2. The highest BCUT2D eigenvalue weighted by Gasteiger charge is 2.32. The van der Waals surface area contributed by atoms with Gasteiger partial charge >= 0.3 is 6.18 Å². The summed E-state index contributed by atoms with van der Waals surface area (Å²) in [5, 5.41) is 2.43. The van der Waals surface area contributed by atoms with Gasteiger partial charge in [0, 0.05) is 6.54 Å². The van der Waals surface area contributed by atoms with Gasteiger partial charge in [-0.3, -0.25) is 9.52 Å². The van der Waals surface area contributed by atoms with Gasteiger partial charge < -0.3 is 10.1 Å². The first-order valence-corrected chi connectivity index (χ1v) is 10.1. The third kappa shape index (κ3) is 7.35. The molecule has 6 nitrogen and oxygen atoms in total. The molecule has 0 aliphatic heterocycles. The molecule has 0 saturated carbocycles. The molecule has 158 valence electrons. The average molecular weight is 434 g/mol. The van der Waals surface area contributed by atoms with E-state index in [-0.39, 0.29) is 17.8 Å². The van der Waals surface area contributed by atoms with E-state index in [0.717, 1.165) is 18.4 Å². The molecule has 2 N–H and O–H groups in total. The minimum Gasteiger partial charge on any atom is -0.367 e. The summed E-state index contributed by atoms with van der Waals surface area (Å²) in [7, 11) is -3.63. The van der Waals surface area contributed by atoms with Crippen LogP contribution < -0.4 is 10.0 Å². The quantitative estimate of drug-likeness (QED) is 0.626. The van der Waals surface area contributed by atoms with Crippen molar-refractivity contribution in [2.45, 2.75) is 19.3 Å². The molecule has 0 fully saturated rings. The van der Waals surface area contributed by atoms with Crippen LogP contribution in [0, 0.1) is 5.82 Å². The third-order valence-electron chi connectivity index (χ3n) is 3.63. The maximum Gasteiger partial charge on any atom is 0.416 e. The van der Waals surface area contributed by atoms with E-state index in [1.165, 1.54) is 30.3 Å². The lowest BCUT2D eigenvalue weighted by molar-refractivity contribution is -0.139. The van der Waals surface area contributed by atoms with Crippen molar-refractivity contribution < 1.29 is 35.5 Å². The van der Waals surface area contributed by atoms with E-state index in [1.807, 2.05) is 4.72 Å². The van der Waals surface area contributed by atoms with E-state index in [0.29, 0.717) is 5.56 Å². The predicted octanol–water partition coefficient (Wildman–Crippen LogP) is 3.05. The molecule has 0 unspecified atom stereocenters. The number of amides is 1. The Morgan fingerprint density at radius 3 is 2.45 bits per heavy atom. The minimum atomic E-state index is -4.52. The van der Waals surface area contributed by atoms with Gasteiger partial charge in [-0.15, -0.1) is 0 Å². The van der Waals surface area contributed by atoms with Crippen molar-refractivity contribution in [3.05, 3.63) is 65.0 Å². The topological polar surface area (TPSA) is 84.5 Å². The second kappa shape index (κ2) is 9.23. The number of hydrogen-bond donors (Lipinski definition) is 2. The molecule has 0 aliphatic rings. The number of rotatable bonds is 8. The van der Waals surface area contributed by atoms with Crippen molar-refractivity contribution in [3.63, 3.8) is 0 Å². The van der Waals surface area contributed by atoms with E-state index in [9.17, 15) is 30.8 Å². The number of anilines is 1. The number of sulfonamides is 1. The Balaban J connectivity index is 1.85. The summed E-state index contributed by atoms with van der Waals surface area (Å²) >= 11 is 0. The van der Waals surface area contributed by atoms with Crippen LogP contribution in [0.5, 0.6) is 0 Å². The van der Waals surface area contributed by atoms with Crippen molar-refractivity contribution in [3.8, 4) is 0 Å². The normalized spacial score (nSPS) is 11.9. The first-order chi connectivity index (χ1) is 13.5. The monoisotopic (exact) mass is 434 g/mol. The van der Waals surface area contributed by atoms with Gasteiger partial charge in [-0.05, 0) is 29.3 Å². The van der Waals surface area contributed by atoms with Gasteiger partial charge in [0.1, 0.15) is 12.4 Å². The molecule has 0 aliphatic carbocycles. The first-order valence-electron chi connectivity index (χ1n) is 8.21. The summed E-state index contributed by atoms with van der Waals surface area (Å²) in [6.07, 6.45) is -3.64. The fourth-order valence-corrected chi connectivity index (χ4v) is 2.94. The molecule has 2 rings (SSSR count). The van der Waals surface area contributed by atoms with Crippen LogP contribution in [0.4, 0.5) is 23.2 Å². The van der Waals surface area contributed by atoms with Crippen LogP contribution in [-0.4, -0.2) is 27.2 Å². The third-order valence-corrected chi connectivity index (χ3v) is 4.22. The van der Waals surface area contributed by atoms with E-state index in [1.54, 1.807) is 0 Å². The molecule has 0 bridgehead atoms. The molecule has 0 radical (unpaired) electrons. The van der Waals surface area contributed by atoms with Gasteiger partial charge in [0.25, 0.3) is 0 Å². The SMILES string of the molecule is CS(=O)(=O)Nc1ccc(CNC(=O)COCc2ccccc2C(F)(F)F)cc1F. The molecule has 0 spiro atoms. The summed E-state index contributed by atoms with van der Waals surface area (Å²) in [4.78, 5) is 11.8. The molecule has 0 atom stereocenters. The maximum atomic E-state index is 13.9. The zero-order valence-corrected chi connectivity index (χ0v) is 16.0. The Bertz CT molecular complexity index is 978. The molecule has 2 aromatic rings. The van der Waals surface area contributed by atoms with Crippen LogP contribution in [0.2, 0.25) is 0 Å². The van der Waals surface area contributed by atoms with Crippen molar-refractivity contribution >= 4 is 21.6 Å². The molecule has 2 aromatic carbocycles. The Labute approximate surface area is 164 Å². The smallest absolute Gasteiger partial charge is 0.367 e. The highest BCUT2D eigenvalue weighted by molar-refractivity contribution is 7.92. The fourth-order valence-electron chi connectivity index (χ4n) is 2.38. The highest BCUT2D eigenvalue weighted by Crippen LogP contribution is 2.32. The number of ether oxygens (including phenoxy) is 1. The first kappa shape index (κ1) is 22.6. The predicted molar refractivity (Wildman–Crippen MR) is 97.8 cm³/mol. The molecule has 29 heavy (non-hydrogen) atoms. The summed E-state index contributed by atoms with van der Waals surface area (Å²) in [6, 6.07) is 8.55. The molecular weight excluding hydrogens is 416 g/mol. The van der Waals surface area contributed by atoms with E-state index in [4.69, 9.17) is 4.74 Å². The second-order valence-electron chi connectivity index (χ2n) is 6.11. The Morgan fingerprint density at radius 1 is 1.14 bits per heavy atom. The molecule has 0 saturated heterocycles. The van der Waals surface area contributed by atoms with Crippen LogP contribution in [0.3, 0.4) is 0 Å². The molecule has 0 heterocycles. The zero-order valence-electron chi connectivity index (χ0n) is 15.2. The van der Waals surface area contributed by atoms with Crippen LogP contribution in [0.1, 0.15) is 16.7 Å². The summed E-state index contributed by atoms with van der Waals surface area (Å²) in [5.41, 5.74) is -0.797. The van der Waals surface area contributed by atoms with Gasteiger partial charge in [-0.2, -0.15) is 13.2 Å². The van der Waals surface area contributed by atoms with Crippen molar-refractivity contribution in [1.29, 1.82) is 0 Å². The second-order valence-corrected chi connectivity index (χ2v) is 7.86. The van der Waals surface area contributed by atoms with E-state index < -0.39 is 46.7 Å². The number of alkyl halides is 3. The Morgan fingerprint density at radius 2 is 1.83 bits per heavy atom. The lowest BCUT2D eigenvalue weighted by Crippen LogP contribution is -2.27. The number of nitrogens with one attached hydrogen (secondary N) is 2. The van der Waals surface area contributed by atoms with Crippen molar-refractivity contribution in [2.24, 2.45) is 0 Å². The van der Waals surface area contributed by atoms with Crippen LogP contribution >= 0.6 is 0 Å². The summed E-state index contributed by atoms with van der Waals surface area (Å²) < 4.78 is 81.8. The van der Waals surface area contributed by atoms with Gasteiger partial charge in [0.2, 0.25) is 15.9 Å². The summed E-state index contributed by atoms with van der Waals surface area (Å²) in [5.74, 6) is -1.42. The Kier molecular flexibility index (Phi) is 7.20. The van der Waals surface area contributed by atoms with E-state index in [2.05, 4.69) is 5.32 Å². The fraction of sp³-hybridized carbons (Fsp3) is 0.278. The standard InChI is InChI=1S/C18H18F4N2O4S/c1-29(26,27)24-16-7-6-12(8-15(16)19)9-23-17(25)11-28-10-13-4-2-3-5-14(13)18(20,21)22/h2-8,24H,9-11H2,1H3,(H,23,25). The summed E-state index contributed by atoms with van der Waals surface area (Å²) in [6.45, 7) is -0.955. The minimum absolute atomic E-state index is 0.0720. The van der Waals surface area contributed by atoms with Crippen molar-refractivity contribution in [2.75, 3.05) is 17.6 Å². The lowest BCUT2D eigenvalue weighted by atomic mass is 10.1. The van der Waals surface area contributed by atoms with Gasteiger partial charge in [-0.1, -0.05) is 24.3 Å². The average Bonchev–Trinajstić information content (AvgIpc) is 2.60. The number of hydrogen-bond acceptors (Lipinski definition) is 4. The number of carbonyl (C=O) groups is 1. The molecule has 0 aromatic heterocycles.